The average molecular weight is 740 g/mol. The van der Waals surface area contributed by atoms with Crippen LogP contribution in [0.2, 0.25) is 0 Å². The van der Waals surface area contributed by atoms with Gasteiger partial charge in [0.25, 0.3) is 0 Å². The molecule has 3 amide bonds. The molecule has 0 aromatic heterocycles. The highest BCUT2D eigenvalue weighted by Gasteiger charge is 2.44. The number of hydrogen-bond donors (Lipinski definition) is 5. The molecule has 0 radical (unpaired) electrons. The van der Waals surface area contributed by atoms with Gasteiger partial charge in [-0.25, -0.2) is 0 Å². The first-order valence-electron chi connectivity index (χ1n) is 19.6. The number of piperidine rings is 1. The zero-order valence-electron chi connectivity index (χ0n) is 31.9. The van der Waals surface area contributed by atoms with E-state index >= 15 is 0 Å². The second kappa shape index (κ2) is 17.9. The Hall–Kier alpha value is -4.29. The van der Waals surface area contributed by atoms with Crippen LogP contribution in [0.1, 0.15) is 114 Å². The van der Waals surface area contributed by atoms with Gasteiger partial charge in [-0.05, 0) is 94.2 Å². The minimum Gasteiger partial charge on any atom is -0.397 e. The van der Waals surface area contributed by atoms with Crippen LogP contribution in [0.25, 0.3) is 0 Å². The largest absolute Gasteiger partial charge is 0.397 e. The van der Waals surface area contributed by atoms with Crippen LogP contribution < -0.4 is 21.7 Å². The van der Waals surface area contributed by atoms with E-state index in [9.17, 15) is 19.5 Å². The summed E-state index contributed by atoms with van der Waals surface area (Å²) in [5.74, 6) is 0.258. The van der Waals surface area contributed by atoms with Crippen LogP contribution in [0, 0.1) is 5.92 Å². The van der Waals surface area contributed by atoms with Crippen molar-refractivity contribution in [3.8, 4) is 0 Å². The van der Waals surface area contributed by atoms with Gasteiger partial charge in [0.05, 0.1) is 36.2 Å². The van der Waals surface area contributed by atoms with Gasteiger partial charge in [0.15, 0.2) is 6.29 Å². The number of likely N-dealkylation sites (tertiary alicyclic amines) is 1. The molecule has 6 N–H and O–H groups in total. The van der Waals surface area contributed by atoms with Crippen molar-refractivity contribution in [1.82, 2.24) is 10.2 Å². The molecule has 3 aliphatic rings. The molecule has 11 heteroatoms. The highest BCUT2D eigenvalue weighted by Crippen LogP contribution is 2.42. The van der Waals surface area contributed by atoms with Crippen LogP contribution in [-0.4, -0.2) is 58.0 Å². The second-order valence-corrected chi connectivity index (χ2v) is 16.2. The van der Waals surface area contributed by atoms with Crippen molar-refractivity contribution in [3.63, 3.8) is 0 Å². The number of para-hydroxylation sites is 2. The molecule has 3 aromatic rings. The molecule has 54 heavy (non-hydrogen) atoms. The third kappa shape index (κ3) is 10.5. The third-order valence-corrected chi connectivity index (χ3v) is 10.8. The van der Waals surface area contributed by atoms with Gasteiger partial charge in [-0.2, -0.15) is 0 Å². The Balaban J connectivity index is 1.16. The molecule has 2 aliphatic heterocycles. The van der Waals surface area contributed by atoms with Crippen molar-refractivity contribution in [2.45, 2.75) is 128 Å². The van der Waals surface area contributed by atoms with Crippen LogP contribution in [0.15, 0.2) is 72.8 Å². The van der Waals surface area contributed by atoms with E-state index in [4.69, 9.17) is 15.2 Å². The Bertz CT molecular complexity index is 1740. The number of nitrogens with zero attached hydrogens (tertiary/aromatic N) is 1. The van der Waals surface area contributed by atoms with E-state index in [0.29, 0.717) is 48.4 Å². The standard InChI is InChI=1S/C43H57N5O6/c1-43(2,3)47-41(52)37-23-22-29-10-4-7-15-36(29)48(37)26-33-25-38(30-20-18-28(27-49)19-21-30)54-42(53-33)31-11-8-12-32(24-31)45-39(50)16-9-17-40(51)46-35-14-6-5-13-34(35)44/h5-6,8,11-14,18-21,24,29,33,36-38,42,49H,4,7,9-10,15-17,22-23,25-27,44H2,1-3H3,(H,45,50)(H,46,51)(H,47,52)/t29-,33+,36-,37-,38-,42-/m1/s1. The molecule has 1 aliphatic carbocycles. The Labute approximate surface area is 319 Å². The topological polar surface area (TPSA) is 155 Å². The van der Waals surface area contributed by atoms with Crippen LogP contribution in [-0.2, 0) is 30.5 Å². The first kappa shape index (κ1) is 39.4. The van der Waals surface area contributed by atoms with Gasteiger partial charge in [0, 0.05) is 48.6 Å². The first-order chi connectivity index (χ1) is 26.0. The molecular weight excluding hydrogens is 683 g/mol. The second-order valence-electron chi connectivity index (χ2n) is 16.2. The quantitative estimate of drug-likeness (QED) is 0.125. The number of carbonyl (C=O) groups is 3. The molecule has 2 saturated heterocycles. The number of nitrogens with one attached hydrogen (secondary N) is 3. The Morgan fingerprint density at radius 2 is 1.59 bits per heavy atom. The van der Waals surface area contributed by atoms with E-state index in [1.807, 2.05) is 69.3 Å². The summed E-state index contributed by atoms with van der Waals surface area (Å²) in [4.78, 5) is 41.6. The first-order valence-corrected chi connectivity index (χ1v) is 19.6. The smallest absolute Gasteiger partial charge is 0.237 e. The fraction of sp³-hybridized carbons (Fsp3) is 0.512. The maximum Gasteiger partial charge on any atom is 0.237 e. The summed E-state index contributed by atoms with van der Waals surface area (Å²) in [7, 11) is 0. The van der Waals surface area contributed by atoms with E-state index in [2.05, 4.69) is 20.9 Å². The number of hydrogen-bond acceptors (Lipinski definition) is 8. The molecule has 3 aromatic carbocycles. The number of aliphatic hydroxyl groups is 1. The molecule has 0 unspecified atom stereocenters. The molecule has 290 valence electrons. The van der Waals surface area contributed by atoms with Crippen molar-refractivity contribution in [2.24, 2.45) is 5.92 Å². The van der Waals surface area contributed by atoms with Crippen molar-refractivity contribution in [3.05, 3.63) is 89.5 Å². The van der Waals surface area contributed by atoms with Gasteiger partial charge in [0.1, 0.15) is 0 Å². The highest BCUT2D eigenvalue weighted by atomic mass is 16.7. The number of rotatable bonds is 12. The lowest BCUT2D eigenvalue weighted by molar-refractivity contribution is -0.255. The number of nitrogens with two attached hydrogens (primary N) is 1. The van der Waals surface area contributed by atoms with Crippen molar-refractivity contribution >= 4 is 34.8 Å². The summed E-state index contributed by atoms with van der Waals surface area (Å²) in [6.07, 6.45) is 6.69. The zero-order chi connectivity index (χ0) is 38.2. The summed E-state index contributed by atoms with van der Waals surface area (Å²) in [6.45, 7) is 6.65. The van der Waals surface area contributed by atoms with E-state index in [1.165, 1.54) is 12.8 Å². The van der Waals surface area contributed by atoms with Gasteiger partial charge in [-0.15, -0.1) is 0 Å². The lowest BCUT2D eigenvalue weighted by atomic mass is 9.75. The predicted octanol–water partition coefficient (Wildman–Crippen LogP) is 6.99. The molecule has 6 atom stereocenters. The fourth-order valence-corrected chi connectivity index (χ4v) is 8.22. The van der Waals surface area contributed by atoms with Crippen molar-refractivity contribution in [2.75, 3.05) is 22.9 Å². The fourth-order valence-electron chi connectivity index (χ4n) is 8.22. The number of benzene rings is 3. The number of aliphatic hydroxyl groups excluding tert-OH is 1. The molecule has 3 fully saturated rings. The van der Waals surface area contributed by atoms with E-state index in [-0.39, 0.29) is 61.0 Å². The van der Waals surface area contributed by atoms with Gasteiger partial charge < -0.3 is 36.3 Å². The third-order valence-electron chi connectivity index (χ3n) is 10.8. The Kier molecular flexibility index (Phi) is 13.1. The van der Waals surface area contributed by atoms with Crippen molar-refractivity contribution < 1.29 is 29.0 Å². The lowest BCUT2D eigenvalue weighted by Gasteiger charge is -2.50. The highest BCUT2D eigenvalue weighted by molar-refractivity contribution is 5.95. The molecule has 0 spiro atoms. The molecule has 11 nitrogen and oxygen atoms in total. The van der Waals surface area contributed by atoms with Crippen LogP contribution >= 0.6 is 0 Å². The van der Waals surface area contributed by atoms with Crippen LogP contribution in [0.4, 0.5) is 17.1 Å². The average Bonchev–Trinajstić information content (AvgIpc) is 3.15. The Morgan fingerprint density at radius 1 is 0.852 bits per heavy atom. The normalized spacial score (nSPS) is 24.6. The summed E-state index contributed by atoms with van der Waals surface area (Å²) < 4.78 is 13.4. The predicted molar refractivity (Wildman–Crippen MR) is 210 cm³/mol. The summed E-state index contributed by atoms with van der Waals surface area (Å²) >= 11 is 0. The molecule has 0 bridgehead atoms. The van der Waals surface area contributed by atoms with Crippen molar-refractivity contribution in [1.29, 1.82) is 0 Å². The molecule has 2 heterocycles. The van der Waals surface area contributed by atoms with Crippen LogP contribution in [0.3, 0.4) is 0 Å². The molecule has 6 rings (SSSR count). The van der Waals surface area contributed by atoms with Gasteiger partial charge >= 0.3 is 0 Å². The molecular formula is C43H57N5O6. The van der Waals surface area contributed by atoms with Gasteiger partial charge in [-0.3, -0.25) is 19.3 Å². The van der Waals surface area contributed by atoms with Crippen LogP contribution in [0.5, 0.6) is 0 Å². The SMILES string of the molecule is CC(C)(C)NC(=O)[C@H]1CC[C@H]2CCCC[C@H]2N1C[C@@H]1C[C@H](c2ccc(CO)cc2)O[C@H](c2cccc(NC(=O)CCCC(=O)Nc3ccccc3N)c2)O1. The maximum atomic E-state index is 13.8. The minimum atomic E-state index is -0.717. The number of carbonyl (C=O) groups excluding carboxylic acids is 3. The lowest BCUT2D eigenvalue weighted by Crippen LogP contribution is -2.61. The minimum absolute atomic E-state index is 0.0375. The van der Waals surface area contributed by atoms with Gasteiger partial charge in [0.2, 0.25) is 17.7 Å². The van der Waals surface area contributed by atoms with E-state index < -0.39 is 6.29 Å². The number of nitrogen functional groups attached to an aromatic ring is 1. The number of anilines is 3. The summed E-state index contributed by atoms with van der Waals surface area (Å²) in [5.41, 5.74) is 9.85. The van der Waals surface area contributed by atoms with E-state index in [1.54, 1.807) is 24.3 Å². The summed E-state index contributed by atoms with van der Waals surface area (Å²) in [6, 6.07) is 22.5. The molecule has 1 saturated carbocycles. The monoisotopic (exact) mass is 739 g/mol. The van der Waals surface area contributed by atoms with E-state index in [0.717, 1.165) is 42.4 Å². The summed E-state index contributed by atoms with van der Waals surface area (Å²) in [5, 5.41) is 18.7. The number of fused-ring (bicyclic) bond motifs is 1. The number of ether oxygens (including phenoxy) is 2. The maximum absolute atomic E-state index is 13.8. The zero-order valence-corrected chi connectivity index (χ0v) is 31.9. The Morgan fingerprint density at radius 3 is 2.33 bits per heavy atom. The number of amides is 3. The van der Waals surface area contributed by atoms with Gasteiger partial charge in [-0.1, -0.05) is 61.4 Å².